The highest BCUT2D eigenvalue weighted by Gasteiger charge is 2.29. The highest BCUT2D eigenvalue weighted by Crippen LogP contribution is 2.35. The summed E-state index contributed by atoms with van der Waals surface area (Å²) in [5.74, 6) is 1.07. The van der Waals surface area contributed by atoms with Crippen molar-refractivity contribution in [3.63, 3.8) is 0 Å². The molecule has 2 aromatic heterocycles. The van der Waals surface area contributed by atoms with Crippen LogP contribution >= 0.6 is 11.6 Å². The molecule has 1 saturated carbocycles. The van der Waals surface area contributed by atoms with Gasteiger partial charge in [-0.05, 0) is 42.3 Å². The molecule has 1 atom stereocenters. The molecule has 2 heterocycles. The van der Waals surface area contributed by atoms with Crippen molar-refractivity contribution in [2.24, 2.45) is 0 Å². The SMILES string of the molecule is CC(NC(=O)Nc1ccc(Cl)cn1)c1nnnn1C1CC1. The maximum absolute atomic E-state index is 11.9. The third-order valence-corrected chi connectivity index (χ3v) is 3.34. The van der Waals surface area contributed by atoms with E-state index >= 15 is 0 Å². The van der Waals surface area contributed by atoms with Crippen LogP contribution in [0.4, 0.5) is 10.6 Å². The second-order valence-electron chi connectivity index (χ2n) is 4.89. The molecule has 1 aliphatic carbocycles. The van der Waals surface area contributed by atoms with E-state index in [0.29, 0.717) is 22.7 Å². The molecule has 9 heteroatoms. The normalized spacial score (nSPS) is 15.5. The summed E-state index contributed by atoms with van der Waals surface area (Å²) in [6.07, 6.45) is 3.62. The van der Waals surface area contributed by atoms with Crippen molar-refractivity contribution < 1.29 is 4.79 Å². The van der Waals surface area contributed by atoms with E-state index in [-0.39, 0.29) is 12.1 Å². The van der Waals surface area contributed by atoms with Gasteiger partial charge >= 0.3 is 6.03 Å². The number of carbonyl (C=O) groups is 1. The summed E-state index contributed by atoms with van der Waals surface area (Å²) in [5.41, 5.74) is 0. The lowest BCUT2D eigenvalue weighted by atomic mass is 10.3. The Bertz CT molecular complexity index is 637. The number of aromatic nitrogens is 5. The van der Waals surface area contributed by atoms with Gasteiger partial charge in [-0.2, -0.15) is 0 Å². The molecule has 2 N–H and O–H groups in total. The van der Waals surface area contributed by atoms with Crippen LogP contribution in [0.5, 0.6) is 0 Å². The van der Waals surface area contributed by atoms with E-state index < -0.39 is 0 Å². The van der Waals surface area contributed by atoms with Gasteiger partial charge in [-0.25, -0.2) is 14.5 Å². The minimum absolute atomic E-state index is 0.298. The van der Waals surface area contributed by atoms with E-state index in [1.807, 2.05) is 6.92 Å². The maximum Gasteiger partial charge on any atom is 0.320 e. The first-order valence-corrected chi connectivity index (χ1v) is 6.98. The van der Waals surface area contributed by atoms with Crippen LogP contribution in [0.3, 0.4) is 0 Å². The highest BCUT2D eigenvalue weighted by molar-refractivity contribution is 6.30. The molecule has 3 rings (SSSR count). The van der Waals surface area contributed by atoms with E-state index in [1.165, 1.54) is 6.20 Å². The van der Waals surface area contributed by atoms with E-state index in [1.54, 1.807) is 16.8 Å². The van der Waals surface area contributed by atoms with E-state index in [0.717, 1.165) is 12.8 Å². The van der Waals surface area contributed by atoms with Gasteiger partial charge in [-0.3, -0.25) is 5.32 Å². The Kier molecular flexibility index (Phi) is 3.70. The van der Waals surface area contributed by atoms with Gasteiger partial charge in [0.05, 0.1) is 17.1 Å². The number of anilines is 1. The van der Waals surface area contributed by atoms with Crippen molar-refractivity contribution in [1.29, 1.82) is 0 Å². The van der Waals surface area contributed by atoms with Crippen LogP contribution in [0.2, 0.25) is 5.02 Å². The molecule has 2 aromatic rings. The molecule has 1 fully saturated rings. The Labute approximate surface area is 125 Å². The zero-order valence-corrected chi connectivity index (χ0v) is 12.1. The summed E-state index contributed by atoms with van der Waals surface area (Å²) in [7, 11) is 0. The molecular weight excluding hydrogens is 294 g/mol. The van der Waals surface area contributed by atoms with Crippen LogP contribution in [-0.4, -0.2) is 31.2 Å². The Balaban J connectivity index is 1.61. The Morgan fingerprint density at radius 3 is 2.95 bits per heavy atom. The smallest absolute Gasteiger partial charge is 0.320 e. The fourth-order valence-electron chi connectivity index (χ4n) is 1.93. The van der Waals surface area contributed by atoms with Gasteiger partial charge < -0.3 is 5.32 Å². The number of hydrogen-bond acceptors (Lipinski definition) is 5. The van der Waals surface area contributed by atoms with Crippen molar-refractivity contribution in [1.82, 2.24) is 30.5 Å². The third-order valence-electron chi connectivity index (χ3n) is 3.11. The maximum atomic E-state index is 11.9. The Morgan fingerprint density at radius 1 is 1.48 bits per heavy atom. The molecule has 21 heavy (non-hydrogen) atoms. The first kappa shape index (κ1) is 13.7. The highest BCUT2D eigenvalue weighted by atomic mass is 35.5. The van der Waals surface area contributed by atoms with Crippen molar-refractivity contribution in [3.05, 3.63) is 29.2 Å². The molecule has 2 amide bonds. The lowest BCUT2D eigenvalue weighted by molar-refractivity contribution is 0.248. The number of nitrogens with zero attached hydrogens (tertiary/aromatic N) is 5. The average molecular weight is 308 g/mol. The molecule has 0 saturated heterocycles. The monoisotopic (exact) mass is 307 g/mol. The number of amides is 2. The predicted molar refractivity (Wildman–Crippen MR) is 75.9 cm³/mol. The van der Waals surface area contributed by atoms with Crippen LogP contribution in [0.15, 0.2) is 18.3 Å². The minimum atomic E-state index is -0.373. The first-order valence-electron chi connectivity index (χ1n) is 6.60. The number of tetrazole rings is 1. The second-order valence-corrected chi connectivity index (χ2v) is 5.33. The summed E-state index contributed by atoms with van der Waals surface area (Å²) >= 11 is 5.74. The van der Waals surface area contributed by atoms with Crippen LogP contribution in [0.1, 0.15) is 37.7 Å². The fourth-order valence-corrected chi connectivity index (χ4v) is 2.04. The van der Waals surface area contributed by atoms with Crippen LogP contribution in [-0.2, 0) is 0 Å². The summed E-state index contributed by atoms with van der Waals surface area (Å²) in [6.45, 7) is 1.83. The molecule has 1 unspecified atom stereocenters. The largest absolute Gasteiger partial charge is 0.328 e. The number of nitrogens with one attached hydrogen (secondary N) is 2. The number of urea groups is 1. The molecular formula is C12H14ClN7O. The summed E-state index contributed by atoms with van der Waals surface area (Å²) in [6, 6.07) is 2.97. The van der Waals surface area contributed by atoms with Crippen LogP contribution in [0.25, 0.3) is 0 Å². The minimum Gasteiger partial charge on any atom is -0.328 e. The van der Waals surface area contributed by atoms with Crippen LogP contribution in [0, 0.1) is 0 Å². The van der Waals surface area contributed by atoms with Crippen LogP contribution < -0.4 is 10.6 Å². The van der Waals surface area contributed by atoms with Gasteiger partial charge in [0.1, 0.15) is 5.82 Å². The number of hydrogen-bond donors (Lipinski definition) is 2. The second kappa shape index (κ2) is 5.65. The molecule has 0 radical (unpaired) electrons. The predicted octanol–water partition coefficient (Wildman–Crippen LogP) is 1.94. The number of halogens is 1. The number of rotatable bonds is 4. The molecule has 1 aliphatic rings. The lowest BCUT2D eigenvalue weighted by Crippen LogP contribution is -2.33. The summed E-state index contributed by atoms with van der Waals surface area (Å²) in [5, 5.41) is 17.5. The molecule has 0 spiro atoms. The number of pyridine rings is 1. The fraction of sp³-hybridized carbons (Fsp3) is 0.417. The molecule has 8 nitrogen and oxygen atoms in total. The van der Waals surface area contributed by atoms with Crippen molar-refractivity contribution in [2.75, 3.05) is 5.32 Å². The van der Waals surface area contributed by atoms with Crippen molar-refractivity contribution in [3.8, 4) is 0 Å². The summed E-state index contributed by atoms with van der Waals surface area (Å²) in [4.78, 5) is 15.9. The zero-order valence-electron chi connectivity index (χ0n) is 11.3. The number of carbonyl (C=O) groups excluding carboxylic acids is 1. The van der Waals surface area contributed by atoms with Gasteiger partial charge in [0.25, 0.3) is 0 Å². The van der Waals surface area contributed by atoms with Gasteiger partial charge in [0.15, 0.2) is 5.82 Å². The summed E-state index contributed by atoms with van der Waals surface area (Å²) < 4.78 is 1.77. The van der Waals surface area contributed by atoms with Gasteiger partial charge in [0, 0.05) is 6.20 Å². The molecule has 0 bridgehead atoms. The van der Waals surface area contributed by atoms with E-state index in [4.69, 9.17) is 11.6 Å². The lowest BCUT2D eigenvalue weighted by Gasteiger charge is -2.13. The Hall–Kier alpha value is -2.22. The van der Waals surface area contributed by atoms with Gasteiger partial charge in [0.2, 0.25) is 0 Å². The van der Waals surface area contributed by atoms with Crippen molar-refractivity contribution >= 4 is 23.4 Å². The van der Waals surface area contributed by atoms with Crippen molar-refractivity contribution in [2.45, 2.75) is 31.8 Å². The Morgan fingerprint density at radius 2 is 2.29 bits per heavy atom. The third kappa shape index (κ3) is 3.27. The zero-order chi connectivity index (χ0) is 14.8. The topological polar surface area (TPSA) is 97.6 Å². The first-order chi connectivity index (χ1) is 10.1. The average Bonchev–Trinajstić information content (AvgIpc) is 3.18. The van der Waals surface area contributed by atoms with Gasteiger partial charge in [-0.1, -0.05) is 11.6 Å². The molecule has 0 aliphatic heterocycles. The molecule has 110 valence electrons. The van der Waals surface area contributed by atoms with E-state index in [2.05, 4.69) is 31.1 Å². The van der Waals surface area contributed by atoms with Gasteiger partial charge in [-0.15, -0.1) is 5.10 Å². The standard InChI is InChI=1S/C12H14ClN7O/c1-7(11-17-18-19-20(11)9-3-4-9)15-12(21)16-10-5-2-8(13)6-14-10/h2,5-7,9H,3-4H2,1H3,(H2,14,15,16,21). The quantitative estimate of drug-likeness (QED) is 0.899. The van der Waals surface area contributed by atoms with E-state index in [9.17, 15) is 4.79 Å². The molecule has 0 aromatic carbocycles.